The molecule has 98 valence electrons. The summed E-state index contributed by atoms with van der Waals surface area (Å²) in [6.07, 6.45) is 0.367. The molecule has 18 heavy (non-hydrogen) atoms. The van der Waals surface area contributed by atoms with Crippen molar-refractivity contribution in [3.63, 3.8) is 0 Å². The molecule has 1 aromatic carbocycles. The van der Waals surface area contributed by atoms with E-state index in [-0.39, 0.29) is 12.2 Å². The van der Waals surface area contributed by atoms with Crippen LogP contribution in [0.15, 0.2) is 30.3 Å². The summed E-state index contributed by atoms with van der Waals surface area (Å²) >= 11 is 0. The molecule has 0 aromatic heterocycles. The minimum Gasteiger partial charge on any atom is -0.424 e. The van der Waals surface area contributed by atoms with Gasteiger partial charge in [-0.05, 0) is 12.1 Å². The van der Waals surface area contributed by atoms with Crippen LogP contribution in [0.1, 0.15) is 0 Å². The summed E-state index contributed by atoms with van der Waals surface area (Å²) in [5.41, 5.74) is 0. The van der Waals surface area contributed by atoms with Gasteiger partial charge in [0.1, 0.15) is 11.9 Å². The first-order chi connectivity index (χ1) is 8.73. The Morgan fingerprint density at radius 3 is 2.44 bits per heavy atom. The van der Waals surface area contributed by atoms with E-state index in [2.05, 4.69) is 0 Å². The molecule has 0 spiro atoms. The second kappa shape index (κ2) is 5.02. The van der Waals surface area contributed by atoms with Crippen molar-refractivity contribution in [2.45, 2.75) is 12.2 Å². The van der Waals surface area contributed by atoms with E-state index in [0.717, 1.165) is 0 Å². The lowest BCUT2D eigenvalue weighted by molar-refractivity contribution is 0.230. The highest BCUT2D eigenvalue weighted by atomic mass is 31.2. The molecule has 0 amide bonds. The topological polar surface area (TPSA) is 60.6 Å². The fourth-order valence-corrected chi connectivity index (χ4v) is 3.32. The van der Waals surface area contributed by atoms with Crippen molar-refractivity contribution >= 4 is 7.60 Å². The Morgan fingerprint density at radius 1 is 1.17 bits per heavy atom. The Balaban J connectivity index is 1.64. The molecule has 2 heterocycles. The lowest BCUT2D eigenvalue weighted by atomic mass is 10.3. The Bertz CT molecular complexity index is 441. The predicted octanol–water partition coefficient (Wildman–Crippen LogP) is 2.07. The fraction of sp³-hybridized carbons (Fsp3) is 0.500. The third-order valence-electron chi connectivity index (χ3n) is 2.68. The molecule has 5 nitrogen and oxygen atoms in total. The average molecular weight is 270 g/mol. The molecule has 0 saturated carbocycles. The van der Waals surface area contributed by atoms with Crippen molar-refractivity contribution in [1.29, 1.82) is 0 Å². The Hall–Kier alpha value is -0.870. The van der Waals surface area contributed by atoms with Crippen molar-refractivity contribution in [2.75, 3.05) is 26.0 Å². The second-order valence-electron chi connectivity index (χ2n) is 4.40. The molecule has 0 radical (unpaired) electrons. The van der Waals surface area contributed by atoms with Gasteiger partial charge in [0.25, 0.3) is 0 Å². The molecule has 1 aromatic rings. The minimum absolute atomic E-state index is 0.000308. The molecule has 3 unspecified atom stereocenters. The maximum atomic E-state index is 12.6. The van der Waals surface area contributed by atoms with Crippen molar-refractivity contribution in [3.05, 3.63) is 30.3 Å². The highest BCUT2D eigenvalue weighted by molar-refractivity contribution is 7.54. The number of hydrogen-bond acceptors (Lipinski definition) is 5. The highest BCUT2D eigenvalue weighted by Gasteiger charge is 2.38. The SMILES string of the molecule is O=P(CC1CO1)(OCC1CO1)Oc1ccccc1. The zero-order valence-corrected chi connectivity index (χ0v) is 10.8. The zero-order chi connectivity index (χ0) is 12.4. The van der Waals surface area contributed by atoms with E-state index < -0.39 is 7.60 Å². The van der Waals surface area contributed by atoms with E-state index in [9.17, 15) is 4.57 Å². The first kappa shape index (κ1) is 12.2. The highest BCUT2D eigenvalue weighted by Crippen LogP contribution is 2.51. The van der Waals surface area contributed by atoms with E-state index in [1.807, 2.05) is 18.2 Å². The van der Waals surface area contributed by atoms with Gasteiger partial charge < -0.3 is 14.0 Å². The smallest absolute Gasteiger partial charge is 0.381 e. The maximum Gasteiger partial charge on any atom is 0.381 e. The average Bonchev–Trinajstić information content (AvgIpc) is 3.23. The molecular weight excluding hydrogens is 255 g/mol. The molecule has 2 aliphatic heterocycles. The number of ether oxygens (including phenoxy) is 2. The van der Waals surface area contributed by atoms with Crippen molar-refractivity contribution in [1.82, 2.24) is 0 Å². The van der Waals surface area contributed by atoms with Gasteiger partial charge in [0.05, 0.1) is 32.1 Å². The van der Waals surface area contributed by atoms with Crippen LogP contribution in [0, 0.1) is 0 Å². The molecule has 2 saturated heterocycles. The summed E-state index contributed by atoms with van der Waals surface area (Å²) in [5.74, 6) is 0.554. The van der Waals surface area contributed by atoms with Crippen LogP contribution in [0.25, 0.3) is 0 Å². The van der Waals surface area contributed by atoms with Crippen LogP contribution < -0.4 is 4.52 Å². The first-order valence-corrected chi connectivity index (χ1v) is 7.68. The molecule has 3 rings (SSSR count). The Morgan fingerprint density at radius 2 is 1.83 bits per heavy atom. The predicted molar refractivity (Wildman–Crippen MR) is 65.0 cm³/mol. The summed E-state index contributed by atoms with van der Waals surface area (Å²) in [6.45, 7) is 1.62. The number of benzene rings is 1. The molecule has 0 bridgehead atoms. The zero-order valence-electron chi connectivity index (χ0n) is 9.86. The summed E-state index contributed by atoms with van der Waals surface area (Å²) in [5, 5.41) is 0. The monoisotopic (exact) mass is 270 g/mol. The van der Waals surface area contributed by atoms with Crippen molar-refractivity contribution < 1.29 is 23.1 Å². The molecule has 6 heteroatoms. The van der Waals surface area contributed by atoms with Crippen LogP contribution in [0.2, 0.25) is 0 Å². The van der Waals surface area contributed by atoms with E-state index >= 15 is 0 Å². The number of para-hydroxylation sites is 1. The van der Waals surface area contributed by atoms with Gasteiger partial charge in [-0.2, -0.15) is 0 Å². The van der Waals surface area contributed by atoms with Crippen molar-refractivity contribution in [3.8, 4) is 5.75 Å². The lowest BCUT2D eigenvalue weighted by Crippen LogP contribution is -2.10. The van der Waals surface area contributed by atoms with Gasteiger partial charge in [-0.3, -0.25) is 4.52 Å². The van der Waals surface area contributed by atoms with Crippen LogP contribution in [-0.4, -0.2) is 38.2 Å². The molecule has 3 atom stereocenters. The first-order valence-electron chi connectivity index (χ1n) is 5.95. The standard InChI is InChI=1S/C12H15O5P/c13-18(9-12-7-15-12,16-8-11-6-14-11)17-10-4-2-1-3-5-10/h1-5,11-12H,6-9H2. The largest absolute Gasteiger partial charge is 0.424 e. The van der Waals surface area contributed by atoms with E-state index in [1.54, 1.807) is 12.1 Å². The maximum absolute atomic E-state index is 12.6. The molecular formula is C12H15O5P. The molecule has 0 N–H and O–H groups in total. The van der Waals surface area contributed by atoms with Gasteiger partial charge in [0, 0.05) is 0 Å². The van der Waals surface area contributed by atoms with Crippen LogP contribution in [0.4, 0.5) is 0 Å². The number of epoxide rings is 2. The van der Waals surface area contributed by atoms with Crippen molar-refractivity contribution in [2.24, 2.45) is 0 Å². The van der Waals surface area contributed by atoms with Gasteiger partial charge in [-0.25, -0.2) is 4.57 Å². The van der Waals surface area contributed by atoms with Gasteiger partial charge in [0.15, 0.2) is 0 Å². The summed E-state index contributed by atoms with van der Waals surface area (Å²) in [7, 11) is -3.15. The Labute approximate surface area is 106 Å². The second-order valence-corrected chi connectivity index (χ2v) is 6.43. The normalized spacial score (nSPS) is 28.4. The minimum atomic E-state index is -3.15. The van der Waals surface area contributed by atoms with Crippen LogP contribution >= 0.6 is 7.60 Å². The van der Waals surface area contributed by atoms with E-state index in [1.165, 1.54) is 0 Å². The molecule has 2 aliphatic rings. The molecule has 2 fully saturated rings. The molecule has 0 aliphatic carbocycles. The number of rotatable bonds is 7. The summed E-state index contributed by atoms with van der Waals surface area (Å²) in [4.78, 5) is 0. The lowest BCUT2D eigenvalue weighted by Gasteiger charge is -2.18. The quantitative estimate of drug-likeness (QED) is 0.560. The van der Waals surface area contributed by atoms with E-state index in [0.29, 0.717) is 31.7 Å². The Kier molecular flexibility index (Phi) is 3.39. The van der Waals surface area contributed by atoms with Crippen LogP contribution in [-0.2, 0) is 18.6 Å². The van der Waals surface area contributed by atoms with Gasteiger partial charge in [-0.15, -0.1) is 0 Å². The van der Waals surface area contributed by atoms with Gasteiger partial charge in [-0.1, -0.05) is 18.2 Å². The number of hydrogen-bond donors (Lipinski definition) is 0. The fourth-order valence-electron chi connectivity index (χ4n) is 1.54. The van der Waals surface area contributed by atoms with Crippen LogP contribution in [0.5, 0.6) is 5.75 Å². The van der Waals surface area contributed by atoms with Crippen LogP contribution in [0.3, 0.4) is 0 Å². The summed E-state index contributed by atoms with van der Waals surface area (Å²) in [6, 6.07) is 9.06. The van der Waals surface area contributed by atoms with Gasteiger partial charge >= 0.3 is 7.60 Å². The van der Waals surface area contributed by atoms with Gasteiger partial charge in [0.2, 0.25) is 0 Å². The third-order valence-corrected chi connectivity index (χ3v) is 4.56. The van der Waals surface area contributed by atoms with E-state index in [4.69, 9.17) is 18.5 Å². The summed E-state index contributed by atoms with van der Waals surface area (Å²) < 4.78 is 33.7. The third kappa shape index (κ3) is 3.56.